The number of likely N-dealkylation sites (tertiary alicyclic amines) is 1. The molecule has 1 heterocycles. The quantitative estimate of drug-likeness (QED) is 0.904. The second-order valence-electron chi connectivity index (χ2n) is 6.07. The van der Waals surface area contributed by atoms with Crippen LogP contribution >= 0.6 is 0 Å². The largest absolute Gasteiger partial charge is 0.444 e. The maximum Gasteiger partial charge on any atom is 0.410 e. The molecule has 0 radical (unpaired) electrons. The minimum atomic E-state index is -0.481. The van der Waals surface area contributed by atoms with Gasteiger partial charge in [0.05, 0.1) is 0 Å². The van der Waals surface area contributed by atoms with Crippen molar-refractivity contribution in [3.63, 3.8) is 0 Å². The zero-order valence-electron chi connectivity index (χ0n) is 12.1. The topological polar surface area (TPSA) is 41.6 Å². The average molecular weight is 280 g/mol. The zero-order chi connectivity index (χ0) is 14.8. The van der Waals surface area contributed by atoms with Crippen LogP contribution in [0, 0.1) is 5.82 Å². The lowest BCUT2D eigenvalue weighted by Crippen LogP contribution is -2.36. The molecule has 1 atom stereocenters. The van der Waals surface area contributed by atoms with Gasteiger partial charge in [0.2, 0.25) is 0 Å². The third kappa shape index (κ3) is 4.11. The smallest absolute Gasteiger partial charge is 0.410 e. The first kappa shape index (κ1) is 14.6. The number of amides is 1. The first-order valence-corrected chi connectivity index (χ1v) is 6.83. The van der Waals surface area contributed by atoms with E-state index < -0.39 is 5.60 Å². The Morgan fingerprint density at radius 1 is 1.45 bits per heavy atom. The van der Waals surface area contributed by atoms with Crippen LogP contribution in [0.4, 0.5) is 14.9 Å². The Morgan fingerprint density at radius 2 is 2.20 bits per heavy atom. The van der Waals surface area contributed by atoms with E-state index in [-0.39, 0.29) is 18.0 Å². The third-order valence-corrected chi connectivity index (χ3v) is 3.04. The minimum absolute atomic E-state index is 0.129. The van der Waals surface area contributed by atoms with Crippen LogP contribution in [-0.4, -0.2) is 35.7 Å². The van der Waals surface area contributed by atoms with Gasteiger partial charge in [-0.3, -0.25) is 0 Å². The molecular weight excluding hydrogens is 259 g/mol. The summed E-state index contributed by atoms with van der Waals surface area (Å²) in [6.45, 7) is 6.78. The van der Waals surface area contributed by atoms with Crippen molar-refractivity contribution in [1.82, 2.24) is 4.90 Å². The van der Waals surface area contributed by atoms with Gasteiger partial charge in [-0.05, 0) is 45.4 Å². The molecule has 1 aromatic rings. The van der Waals surface area contributed by atoms with Crippen molar-refractivity contribution in [2.24, 2.45) is 0 Å². The lowest BCUT2D eigenvalue weighted by molar-refractivity contribution is 0.0293. The Bertz CT molecular complexity index is 485. The molecule has 2 rings (SSSR count). The summed E-state index contributed by atoms with van der Waals surface area (Å²) in [7, 11) is 0. The summed E-state index contributed by atoms with van der Waals surface area (Å²) < 4.78 is 18.4. The van der Waals surface area contributed by atoms with E-state index in [0.717, 1.165) is 12.1 Å². The number of nitrogens with one attached hydrogen (secondary N) is 1. The fraction of sp³-hybridized carbons (Fsp3) is 0.533. The lowest BCUT2D eigenvalue weighted by Gasteiger charge is -2.24. The number of hydrogen-bond donors (Lipinski definition) is 1. The number of hydrogen-bond acceptors (Lipinski definition) is 3. The van der Waals surface area contributed by atoms with E-state index >= 15 is 0 Å². The third-order valence-electron chi connectivity index (χ3n) is 3.04. The molecule has 4 nitrogen and oxygen atoms in total. The van der Waals surface area contributed by atoms with Crippen molar-refractivity contribution in [2.75, 3.05) is 18.4 Å². The number of anilines is 1. The molecule has 1 unspecified atom stereocenters. The van der Waals surface area contributed by atoms with Crippen LogP contribution in [-0.2, 0) is 4.74 Å². The van der Waals surface area contributed by atoms with Crippen molar-refractivity contribution in [2.45, 2.75) is 38.8 Å². The van der Waals surface area contributed by atoms with Crippen LogP contribution in [0.25, 0.3) is 0 Å². The molecule has 0 aromatic heterocycles. The molecule has 110 valence electrons. The summed E-state index contributed by atoms with van der Waals surface area (Å²) in [6, 6.07) is 6.48. The van der Waals surface area contributed by atoms with Crippen LogP contribution in [0.2, 0.25) is 0 Å². The number of benzene rings is 1. The fourth-order valence-electron chi connectivity index (χ4n) is 2.18. The van der Waals surface area contributed by atoms with E-state index in [9.17, 15) is 9.18 Å². The highest BCUT2D eigenvalue weighted by Crippen LogP contribution is 2.19. The van der Waals surface area contributed by atoms with Crippen LogP contribution in [0.15, 0.2) is 24.3 Å². The van der Waals surface area contributed by atoms with Gasteiger partial charge in [-0.15, -0.1) is 0 Å². The van der Waals surface area contributed by atoms with Gasteiger partial charge in [0, 0.05) is 24.8 Å². The number of rotatable bonds is 2. The molecule has 1 aliphatic rings. The molecule has 1 N–H and O–H groups in total. The molecule has 1 aromatic carbocycles. The normalized spacial score (nSPS) is 19.0. The number of halogens is 1. The average Bonchev–Trinajstić information content (AvgIpc) is 2.75. The Labute approximate surface area is 118 Å². The van der Waals surface area contributed by atoms with Crippen LogP contribution < -0.4 is 5.32 Å². The van der Waals surface area contributed by atoms with Crippen molar-refractivity contribution in [3.8, 4) is 0 Å². The van der Waals surface area contributed by atoms with Gasteiger partial charge in [0.25, 0.3) is 0 Å². The number of carbonyl (C=O) groups excluding carboxylic acids is 1. The second kappa shape index (κ2) is 5.69. The van der Waals surface area contributed by atoms with Gasteiger partial charge in [-0.2, -0.15) is 0 Å². The van der Waals surface area contributed by atoms with Crippen molar-refractivity contribution in [3.05, 3.63) is 30.1 Å². The van der Waals surface area contributed by atoms with Gasteiger partial charge in [-0.25, -0.2) is 9.18 Å². The first-order chi connectivity index (χ1) is 9.33. The van der Waals surface area contributed by atoms with Crippen molar-refractivity contribution >= 4 is 11.8 Å². The molecule has 1 fully saturated rings. The number of carbonyl (C=O) groups is 1. The SMILES string of the molecule is CC(C)(C)OC(=O)N1CCC(Nc2cccc(F)c2)C1. The zero-order valence-corrected chi connectivity index (χ0v) is 12.1. The van der Waals surface area contributed by atoms with Crippen LogP contribution in [0.5, 0.6) is 0 Å². The number of nitrogens with zero attached hydrogens (tertiary/aromatic N) is 1. The standard InChI is InChI=1S/C15H21FN2O2/c1-15(2,3)20-14(19)18-8-7-13(10-18)17-12-6-4-5-11(16)9-12/h4-6,9,13,17H,7-8,10H2,1-3H3. The summed E-state index contributed by atoms with van der Waals surface area (Å²) >= 11 is 0. The summed E-state index contributed by atoms with van der Waals surface area (Å²) in [5, 5.41) is 3.24. The predicted octanol–water partition coefficient (Wildman–Crippen LogP) is 3.25. The summed E-state index contributed by atoms with van der Waals surface area (Å²) in [5.41, 5.74) is 0.256. The highest BCUT2D eigenvalue weighted by atomic mass is 19.1. The number of ether oxygens (including phenoxy) is 1. The molecule has 0 saturated carbocycles. The summed E-state index contributed by atoms with van der Waals surface area (Å²) in [5.74, 6) is -0.267. The maximum absolute atomic E-state index is 13.1. The Kier molecular flexibility index (Phi) is 4.16. The molecule has 0 aliphatic carbocycles. The molecule has 20 heavy (non-hydrogen) atoms. The Balaban J connectivity index is 1.88. The van der Waals surface area contributed by atoms with Crippen molar-refractivity contribution < 1.29 is 13.9 Å². The molecule has 0 bridgehead atoms. The maximum atomic E-state index is 13.1. The van der Waals surface area contributed by atoms with E-state index in [1.807, 2.05) is 26.8 Å². The van der Waals surface area contributed by atoms with Gasteiger partial charge in [0.1, 0.15) is 11.4 Å². The molecule has 1 saturated heterocycles. The van der Waals surface area contributed by atoms with E-state index in [4.69, 9.17) is 4.74 Å². The monoisotopic (exact) mass is 280 g/mol. The summed E-state index contributed by atoms with van der Waals surface area (Å²) in [6.07, 6.45) is 0.538. The van der Waals surface area contributed by atoms with E-state index in [0.29, 0.717) is 13.1 Å². The highest BCUT2D eigenvalue weighted by molar-refractivity contribution is 5.68. The van der Waals surface area contributed by atoms with Gasteiger partial charge in [-0.1, -0.05) is 6.07 Å². The minimum Gasteiger partial charge on any atom is -0.444 e. The van der Waals surface area contributed by atoms with Crippen LogP contribution in [0.3, 0.4) is 0 Å². The molecule has 1 aliphatic heterocycles. The predicted molar refractivity (Wildman–Crippen MR) is 76.2 cm³/mol. The molecule has 1 amide bonds. The molecular formula is C15H21FN2O2. The van der Waals surface area contributed by atoms with Gasteiger partial charge in [0.15, 0.2) is 0 Å². The fourth-order valence-corrected chi connectivity index (χ4v) is 2.18. The second-order valence-corrected chi connectivity index (χ2v) is 6.07. The molecule has 5 heteroatoms. The summed E-state index contributed by atoms with van der Waals surface area (Å²) in [4.78, 5) is 13.6. The van der Waals surface area contributed by atoms with Crippen molar-refractivity contribution in [1.29, 1.82) is 0 Å². The van der Waals surface area contributed by atoms with E-state index in [2.05, 4.69) is 5.32 Å². The van der Waals surface area contributed by atoms with E-state index in [1.54, 1.807) is 11.0 Å². The lowest BCUT2D eigenvalue weighted by atomic mass is 10.2. The van der Waals surface area contributed by atoms with E-state index in [1.165, 1.54) is 12.1 Å². The first-order valence-electron chi connectivity index (χ1n) is 6.83. The highest BCUT2D eigenvalue weighted by Gasteiger charge is 2.29. The Hall–Kier alpha value is -1.78. The van der Waals surface area contributed by atoms with Gasteiger partial charge < -0.3 is 15.0 Å². The Morgan fingerprint density at radius 3 is 2.85 bits per heavy atom. The molecule has 0 spiro atoms. The van der Waals surface area contributed by atoms with Gasteiger partial charge >= 0.3 is 6.09 Å². The van der Waals surface area contributed by atoms with Crippen LogP contribution in [0.1, 0.15) is 27.2 Å².